The van der Waals surface area contributed by atoms with E-state index in [-0.39, 0.29) is 5.75 Å². The zero-order valence-electron chi connectivity index (χ0n) is 8.51. The van der Waals surface area contributed by atoms with Crippen LogP contribution in [-0.2, 0) is 0 Å². The highest BCUT2D eigenvalue weighted by Gasteiger charge is 2.19. The van der Waals surface area contributed by atoms with E-state index < -0.39 is 12.9 Å². The molecule has 0 bridgehead atoms. The molecule has 0 aliphatic heterocycles. The smallest absolute Gasteiger partial charge is 0.530 e. The summed E-state index contributed by atoms with van der Waals surface area (Å²) in [5, 5.41) is 9.71. The third kappa shape index (κ3) is 2.41. The molecule has 0 amide bonds. The van der Waals surface area contributed by atoms with Crippen LogP contribution in [0, 0.1) is 5.82 Å². The second-order valence-corrected chi connectivity index (χ2v) is 3.31. The Morgan fingerprint density at radius 3 is 2.25 bits per heavy atom. The molecule has 0 radical (unpaired) electrons. The molecule has 0 fully saturated rings. The van der Waals surface area contributed by atoms with Crippen LogP contribution in [0.5, 0.6) is 5.75 Å². The summed E-state index contributed by atoms with van der Waals surface area (Å²) < 4.78 is 18.3. The lowest BCUT2D eigenvalue weighted by Crippen LogP contribution is -2.36. The Labute approximate surface area is 93.5 Å². The van der Waals surface area contributed by atoms with Crippen LogP contribution in [0.2, 0.25) is 0 Å². The molecule has 0 aromatic heterocycles. The Morgan fingerprint density at radius 2 is 1.56 bits per heavy atom. The summed E-state index contributed by atoms with van der Waals surface area (Å²) in [7, 11) is -1.15. The predicted molar refractivity (Wildman–Crippen MR) is 61.1 cm³/mol. The third-order valence-corrected chi connectivity index (χ3v) is 2.16. The maximum Gasteiger partial charge on any atom is 0.560 e. The molecule has 0 heterocycles. The summed E-state index contributed by atoms with van der Waals surface area (Å²) in [6.07, 6.45) is 0. The number of para-hydroxylation sites is 1. The Balaban J connectivity index is 2.14. The molecule has 0 aliphatic carbocycles. The molecular formula is C12H10BFO2. The summed E-state index contributed by atoms with van der Waals surface area (Å²) in [6, 6.07) is 14.8. The topological polar surface area (TPSA) is 29.5 Å². The second-order valence-electron chi connectivity index (χ2n) is 3.31. The van der Waals surface area contributed by atoms with Gasteiger partial charge >= 0.3 is 7.12 Å². The van der Waals surface area contributed by atoms with Crippen LogP contribution in [0.4, 0.5) is 4.39 Å². The molecule has 0 atom stereocenters. The molecular weight excluding hydrogens is 206 g/mol. The number of hydrogen-bond donors (Lipinski definition) is 1. The van der Waals surface area contributed by atoms with Crippen molar-refractivity contribution in [2.24, 2.45) is 0 Å². The average Bonchev–Trinajstić information content (AvgIpc) is 2.33. The van der Waals surface area contributed by atoms with Crippen LogP contribution in [0.25, 0.3) is 0 Å². The molecule has 80 valence electrons. The highest BCUT2D eigenvalue weighted by atomic mass is 19.1. The minimum Gasteiger partial charge on any atom is -0.530 e. The fourth-order valence-corrected chi connectivity index (χ4v) is 1.35. The predicted octanol–water partition coefficient (Wildman–Crippen LogP) is 1.59. The fraction of sp³-hybridized carbons (Fsp3) is 0. The van der Waals surface area contributed by atoms with Crippen molar-refractivity contribution in [3.8, 4) is 5.75 Å². The van der Waals surface area contributed by atoms with Gasteiger partial charge in [0, 0.05) is 0 Å². The molecule has 2 aromatic carbocycles. The SMILES string of the molecule is OB(Oc1ccccc1F)c1ccccc1. The first-order valence-electron chi connectivity index (χ1n) is 4.91. The molecule has 16 heavy (non-hydrogen) atoms. The number of rotatable bonds is 3. The van der Waals surface area contributed by atoms with Gasteiger partial charge in [-0.2, -0.15) is 0 Å². The number of benzene rings is 2. The van der Waals surface area contributed by atoms with Crippen molar-refractivity contribution >= 4 is 12.6 Å². The van der Waals surface area contributed by atoms with Crippen molar-refractivity contribution in [3.63, 3.8) is 0 Å². The molecule has 4 heteroatoms. The van der Waals surface area contributed by atoms with Gasteiger partial charge in [-0.15, -0.1) is 0 Å². The molecule has 0 unspecified atom stereocenters. The van der Waals surface area contributed by atoms with Gasteiger partial charge in [-0.25, -0.2) is 4.39 Å². The Kier molecular flexibility index (Phi) is 3.22. The van der Waals surface area contributed by atoms with Crippen LogP contribution in [0.15, 0.2) is 54.6 Å². The fourth-order valence-electron chi connectivity index (χ4n) is 1.35. The van der Waals surface area contributed by atoms with Gasteiger partial charge in [0.1, 0.15) is 5.75 Å². The second kappa shape index (κ2) is 4.81. The van der Waals surface area contributed by atoms with Gasteiger partial charge in [0.25, 0.3) is 0 Å². The molecule has 2 rings (SSSR count). The summed E-state index contributed by atoms with van der Waals surface area (Å²) in [6.45, 7) is 0. The van der Waals surface area contributed by atoms with Crippen molar-refractivity contribution in [2.45, 2.75) is 0 Å². The van der Waals surface area contributed by atoms with E-state index >= 15 is 0 Å². The first-order valence-corrected chi connectivity index (χ1v) is 4.91. The summed E-state index contributed by atoms with van der Waals surface area (Å²) in [5.74, 6) is -0.448. The summed E-state index contributed by atoms with van der Waals surface area (Å²) in [5.41, 5.74) is 0.589. The quantitative estimate of drug-likeness (QED) is 0.789. The third-order valence-electron chi connectivity index (χ3n) is 2.16. The van der Waals surface area contributed by atoms with E-state index in [4.69, 9.17) is 4.65 Å². The number of hydrogen-bond acceptors (Lipinski definition) is 2. The standard InChI is InChI=1S/C12H10BFO2/c14-11-8-4-5-9-12(11)16-13(15)10-6-2-1-3-7-10/h1-9,15H. The number of halogens is 1. The maximum absolute atomic E-state index is 13.2. The minimum absolute atomic E-state index is 0.0406. The zero-order valence-corrected chi connectivity index (χ0v) is 8.51. The van der Waals surface area contributed by atoms with Crippen LogP contribution in [0.1, 0.15) is 0 Å². The van der Waals surface area contributed by atoms with Gasteiger partial charge in [-0.3, -0.25) is 0 Å². The van der Waals surface area contributed by atoms with Gasteiger partial charge in [0.05, 0.1) is 0 Å². The molecule has 2 nitrogen and oxygen atoms in total. The lowest BCUT2D eigenvalue weighted by Gasteiger charge is -2.10. The molecule has 0 spiro atoms. The zero-order chi connectivity index (χ0) is 11.4. The molecule has 0 aliphatic rings. The van der Waals surface area contributed by atoms with Gasteiger partial charge in [-0.05, 0) is 17.6 Å². The first-order chi connectivity index (χ1) is 7.77. The van der Waals surface area contributed by atoms with Gasteiger partial charge < -0.3 is 9.68 Å². The molecule has 0 saturated heterocycles. The summed E-state index contributed by atoms with van der Waals surface area (Å²) in [4.78, 5) is 0. The molecule has 0 saturated carbocycles. The van der Waals surface area contributed by atoms with Crippen LogP contribution in [0.3, 0.4) is 0 Å². The van der Waals surface area contributed by atoms with E-state index in [2.05, 4.69) is 0 Å². The molecule has 1 N–H and O–H groups in total. The van der Waals surface area contributed by atoms with E-state index in [1.54, 1.807) is 36.4 Å². The Morgan fingerprint density at radius 1 is 0.938 bits per heavy atom. The Bertz CT molecular complexity index is 462. The van der Waals surface area contributed by atoms with Crippen molar-refractivity contribution in [2.75, 3.05) is 0 Å². The van der Waals surface area contributed by atoms with Gasteiger partial charge in [0.15, 0.2) is 5.82 Å². The van der Waals surface area contributed by atoms with Gasteiger partial charge in [-0.1, -0.05) is 42.5 Å². The summed E-state index contributed by atoms with van der Waals surface area (Å²) >= 11 is 0. The van der Waals surface area contributed by atoms with E-state index in [0.29, 0.717) is 5.46 Å². The van der Waals surface area contributed by atoms with Gasteiger partial charge in [0.2, 0.25) is 0 Å². The average molecular weight is 216 g/mol. The lowest BCUT2D eigenvalue weighted by atomic mass is 9.79. The van der Waals surface area contributed by atoms with E-state index in [9.17, 15) is 9.41 Å². The van der Waals surface area contributed by atoms with Crippen molar-refractivity contribution in [1.29, 1.82) is 0 Å². The van der Waals surface area contributed by atoms with Crippen LogP contribution < -0.4 is 10.1 Å². The Hall–Kier alpha value is -1.81. The lowest BCUT2D eigenvalue weighted by molar-refractivity contribution is 0.413. The highest BCUT2D eigenvalue weighted by Crippen LogP contribution is 2.15. The normalized spacial score (nSPS) is 9.88. The molecule has 2 aromatic rings. The van der Waals surface area contributed by atoms with E-state index in [0.717, 1.165) is 0 Å². The largest absolute Gasteiger partial charge is 0.560 e. The highest BCUT2D eigenvalue weighted by molar-refractivity contribution is 6.60. The maximum atomic E-state index is 13.2. The monoisotopic (exact) mass is 216 g/mol. The van der Waals surface area contributed by atoms with Crippen molar-refractivity contribution in [1.82, 2.24) is 0 Å². The minimum atomic E-state index is -1.15. The first kappa shape index (κ1) is 10.7. The van der Waals surface area contributed by atoms with Crippen LogP contribution >= 0.6 is 0 Å². The van der Waals surface area contributed by atoms with Crippen molar-refractivity contribution in [3.05, 3.63) is 60.4 Å². The van der Waals surface area contributed by atoms with Crippen molar-refractivity contribution < 1.29 is 14.1 Å². The van der Waals surface area contributed by atoms with E-state index in [1.165, 1.54) is 12.1 Å². The van der Waals surface area contributed by atoms with Crippen LogP contribution in [-0.4, -0.2) is 12.1 Å². The van der Waals surface area contributed by atoms with E-state index in [1.807, 2.05) is 6.07 Å².